The van der Waals surface area contributed by atoms with E-state index < -0.39 is 0 Å². The summed E-state index contributed by atoms with van der Waals surface area (Å²) in [5, 5.41) is 12.3. The van der Waals surface area contributed by atoms with Crippen LogP contribution >= 0.6 is 15.9 Å². The van der Waals surface area contributed by atoms with Gasteiger partial charge >= 0.3 is 0 Å². The largest absolute Gasteiger partial charge is 0.396 e. The van der Waals surface area contributed by atoms with Gasteiger partial charge in [-0.1, -0.05) is 6.42 Å². The van der Waals surface area contributed by atoms with Crippen molar-refractivity contribution in [1.82, 2.24) is 9.88 Å². The van der Waals surface area contributed by atoms with Gasteiger partial charge in [-0.3, -0.25) is 4.79 Å². The molecule has 1 amide bonds. The third kappa shape index (κ3) is 2.78. The Balaban J connectivity index is 2.07. The number of amides is 1. The number of halogens is 1. The van der Waals surface area contributed by atoms with Crippen molar-refractivity contribution in [2.75, 3.05) is 6.61 Å². The van der Waals surface area contributed by atoms with Crippen LogP contribution in [0, 0.1) is 5.92 Å². The molecule has 18 heavy (non-hydrogen) atoms. The maximum absolute atomic E-state index is 12.2. The average Bonchev–Trinajstić information content (AvgIpc) is 2.94. The molecule has 1 fully saturated rings. The Morgan fingerprint density at radius 3 is 3.06 bits per heavy atom. The number of carbonyl (C=O) groups is 1. The molecule has 0 spiro atoms. The van der Waals surface area contributed by atoms with Crippen molar-refractivity contribution in [2.45, 2.75) is 38.8 Å². The van der Waals surface area contributed by atoms with E-state index in [0.717, 1.165) is 30.3 Å². The second kappa shape index (κ2) is 5.89. The number of hydrogen-bond acceptors (Lipinski definition) is 2. The predicted molar refractivity (Wildman–Crippen MR) is 73.5 cm³/mol. The number of aromatic nitrogens is 1. The minimum absolute atomic E-state index is 0.0482. The third-order valence-corrected chi connectivity index (χ3v) is 4.08. The van der Waals surface area contributed by atoms with E-state index in [-0.39, 0.29) is 24.5 Å². The van der Waals surface area contributed by atoms with E-state index in [1.165, 1.54) is 0 Å². The molecule has 0 saturated heterocycles. The Kier molecular flexibility index (Phi) is 4.45. The lowest BCUT2D eigenvalue weighted by Crippen LogP contribution is -2.39. The third-order valence-electron chi connectivity index (χ3n) is 3.65. The van der Waals surface area contributed by atoms with Crippen LogP contribution in [0.4, 0.5) is 0 Å². The summed E-state index contributed by atoms with van der Waals surface area (Å²) in [5.41, 5.74) is 0.674. The van der Waals surface area contributed by atoms with Crippen molar-refractivity contribution in [2.24, 2.45) is 5.92 Å². The maximum Gasteiger partial charge on any atom is 0.268 e. The van der Waals surface area contributed by atoms with Gasteiger partial charge in [-0.15, -0.1) is 0 Å². The highest BCUT2D eigenvalue weighted by Gasteiger charge is 2.28. The molecule has 1 aromatic rings. The molecule has 0 radical (unpaired) electrons. The van der Waals surface area contributed by atoms with Crippen molar-refractivity contribution in [3.8, 4) is 0 Å². The molecule has 2 atom stereocenters. The topological polar surface area (TPSA) is 54.3 Å². The summed E-state index contributed by atoms with van der Waals surface area (Å²) in [7, 11) is 0. The van der Waals surface area contributed by atoms with Crippen LogP contribution in [0.3, 0.4) is 0 Å². The fourth-order valence-electron chi connectivity index (χ4n) is 2.61. The monoisotopic (exact) mass is 314 g/mol. The number of nitrogens with zero attached hydrogens (tertiary/aromatic N) is 1. The maximum atomic E-state index is 12.2. The first kappa shape index (κ1) is 13.6. The summed E-state index contributed by atoms with van der Waals surface area (Å²) < 4.78 is 2.84. The SMILES string of the molecule is CCn1cc(Br)cc1C(=O)NC1CCCC1CO. The highest BCUT2D eigenvalue weighted by molar-refractivity contribution is 9.10. The van der Waals surface area contributed by atoms with Crippen LogP contribution in [-0.4, -0.2) is 28.2 Å². The van der Waals surface area contributed by atoms with Gasteiger partial charge in [0.15, 0.2) is 0 Å². The van der Waals surface area contributed by atoms with Crippen LogP contribution in [0.2, 0.25) is 0 Å². The quantitative estimate of drug-likeness (QED) is 0.895. The Morgan fingerprint density at radius 1 is 1.61 bits per heavy atom. The first-order chi connectivity index (χ1) is 8.65. The number of hydrogen-bond donors (Lipinski definition) is 2. The van der Waals surface area contributed by atoms with Crippen molar-refractivity contribution >= 4 is 21.8 Å². The molecule has 0 aromatic carbocycles. The van der Waals surface area contributed by atoms with Crippen molar-refractivity contribution in [3.63, 3.8) is 0 Å². The van der Waals surface area contributed by atoms with E-state index in [2.05, 4.69) is 21.2 Å². The number of carbonyl (C=O) groups excluding carboxylic acids is 1. The Hall–Kier alpha value is -0.810. The second-order valence-corrected chi connectivity index (χ2v) is 5.70. The van der Waals surface area contributed by atoms with Crippen molar-refractivity contribution < 1.29 is 9.90 Å². The number of aliphatic hydroxyl groups is 1. The zero-order valence-corrected chi connectivity index (χ0v) is 12.1. The number of aliphatic hydroxyl groups excluding tert-OH is 1. The fourth-order valence-corrected chi connectivity index (χ4v) is 3.08. The predicted octanol–water partition coefficient (Wildman–Crippen LogP) is 2.16. The molecule has 2 unspecified atom stereocenters. The van der Waals surface area contributed by atoms with Gasteiger partial charge < -0.3 is 15.0 Å². The average molecular weight is 315 g/mol. The molecule has 1 aliphatic rings. The molecule has 2 N–H and O–H groups in total. The molecule has 1 aromatic heterocycles. The van der Waals surface area contributed by atoms with Crippen LogP contribution in [-0.2, 0) is 6.54 Å². The fraction of sp³-hybridized carbons (Fsp3) is 0.615. The minimum Gasteiger partial charge on any atom is -0.396 e. The smallest absolute Gasteiger partial charge is 0.268 e. The summed E-state index contributed by atoms with van der Waals surface area (Å²) in [4.78, 5) is 12.2. The Morgan fingerprint density at radius 2 is 2.39 bits per heavy atom. The van der Waals surface area contributed by atoms with Crippen LogP contribution in [0.5, 0.6) is 0 Å². The highest BCUT2D eigenvalue weighted by atomic mass is 79.9. The van der Waals surface area contributed by atoms with E-state index in [1.54, 1.807) is 0 Å². The first-order valence-corrected chi connectivity index (χ1v) is 7.22. The molecule has 1 aliphatic carbocycles. The minimum atomic E-state index is -0.0482. The molecular weight excluding hydrogens is 296 g/mol. The molecule has 4 nitrogen and oxygen atoms in total. The lowest BCUT2D eigenvalue weighted by atomic mass is 10.1. The van der Waals surface area contributed by atoms with Gasteiger partial charge in [0.1, 0.15) is 5.69 Å². The molecule has 1 heterocycles. The zero-order chi connectivity index (χ0) is 13.1. The van der Waals surface area contributed by atoms with Gasteiger partial charge in [0.25, 0.3) is 5.91 Å². The van der Waals surface area contributed by atoms with Crippen molar-refractivity contribution in [1.29, 1.82) is 0 Å². The first-order valence-electron chi connectivity index (χ1n) is 6.43. The molecule has 0 aliphatic heterocycles. The molecule has 0 bridgehead atoms. The van der Waals surface area contributed by atoms with E-state index in [4.69, 9.17) is 0 Å². The number of aryl methyl sites for hydroxylation is 1. The van der Waals surface area contributed by atoms with E-state index in [1.807, 2.05) is 23.8 Å². The highest BCUT2D eigenvalue weighted by Crippen LogP contribution is 2.25. The molecule has 100 valence electrons. The number of nitrogens with one attached hydrogen (secondary N) is 1. The van der Waals surface area contributed by atoms with Crippen LogP contribution in [0.25, 0.3) is 0 Å². The summed E-state index contributed by atoms with van der Waals surface area (Å²) in [5.74, 6) is 0.162. The molecular formula is C13H19BrN2O2. The van der Waals surface area contributed by atoms with Gasteiger partial charge in [0.05, 0.1) is 0 Å². The summed E-state index contributed by atoms with van der Waals surface area (Å²) >= 11 is 3.39. The second-order valence-electron chi connectivity index (χ2n) is 4.78. The summed E-state index contributed by atoms with van der Waals surface area (Å²) in [6, 6.07) is 1.95. The zero-order valence-electron chi connectivity index (χ0n) is 10.5. The van der Waals surface area contributed by atoms with E-state index in [9.17, 15) is 9.90 Å². The van der Waals surface area contributed by atoms with Crippen LogP contribution in [0.1, 0.15) is 36.7 Å². The van der Waals surface area contributed by atoms with Gasteiger partial charge in [0.2, 0.25) is 0 Å². The lowest BCUT2D eigenvalue weighted by Gasteiger charge is -2.19. The Bertz CT molecular complexity index is 431. The molecule has 5 heteroatoms. The van der Waals surface area contributed by atoms with Gasteiger partial charge in [-0.2, -0.15) is 0 Å². The van der Waals surface area contributed by atoms with Gasteiger partial charge in [0, 0.05) is 35.8 Å². The normalized spacial score (nSPS) is 23.3. The van der Waals surface area contributed by atoms with Crippen LogP contribution in [0.15, 0.2) is 16.7 Å². The number of rotatable bonds is 4. The Labute approximate surface area is 116 Å². The van der Waals surface area contributed by atoms with Gasteiger partial charge in [-0.25, -0.2) is 0 Å². The summed E-state index contributed by atoms with van der Waals surface area (Å²) in [6.07, 6.45) is 4.95. The van der Waals surface area contributed by atoms with Gasteiger partial charge in [-0.05, 0) is 41.8 Å². The standard InChI is InChI=1S/C13H19BrN2O2/c1-2-16-7-10(14)6-12(16)13(18)15-11-5-3-4-9(11)8-17/h6-7,9,11,17H,2-5,8H2,1H3,(H,15,18). The van der Waals surface area contributed by atoms with Crippen molar-refractivity contribution in [3.05, 3.63) is 22.4 Å². The van der Waals surface area contributed by atoms with E-state index >= 15 is 0 Å². The lowest BCUT2D eigenvalue weighted by molar-refractivity contribution is 0.0907. The molecule has 2 rings (SSSR count). The summed E-state index contributed by atoms with van der Waals surface area (Å²) in [6.45, 7) is 2.93. The molecule has 1 saturated carbocycles. The van der Waals surface area contributed by atoms with Crippen LogP contribution < -0.4 is 5.32 Å². The van der Waals surface area contributed by atoms with E-state index in [0.29, 0.717) is 5.69 Å².